The highest BCUT2D eigenvalue weighted by Gasteiger charge is 2.15. The molecular formula is C12H23N. The van der Waals surface area contributed by atoms with Gasteiger partial charge in [-0.25, -0.2) is 0 Å². The summed E-state index contributed by atoms with van der Waals surface area (Å²) in [6.45, 7) is 9.65. The van der Waals surface area contributed by atoms with Crippen molar-refractivity contribution in [2.24, 2.45) is 5.92 Å². The molecule has 0 rings (SSSR count). The SMILES string of the molecule is CC#CCC(NCC)C(CC)CC. The van der Waals surface area contributed by atoms with Crippen LogP contribution in [0.2, 0.25) is 0 Å². The fourth-order valence-corrected chi connectivity index (χ4v) is 1.74. The lowest BCUT2D eigenvalue weighted by Crippen LogP contribution is -2.35. The van der Waals surface area contributed by atoms with Crippen molar-refractivity contribution in [1.29, 1.82) is 0 Å². The number of hydrogen-bond donors (Lipinski definition) is 1. The maximum atomic E-state index is 3.52. The second-order valence-electron chi connectivity index (χ2n) is 3.37. The Labute approximate surface area is 83.3 Å². The minimum Gasteiger partial charge on any atom is -0.313 e. The van der Waals surface area contributed by atoms with Crippen molar-refractivity contribution in [2.75, 3.05) is 6.54 Å². The van der Waals surface area contributed by atoms with E-state index < -0.39 is 0 Å². The molecule has 0 saturated carbocycles. The quantitative estimate of drug-likeness (QED) is 0.621. The molecule has 0 aromatic rings. The molecule has 1 atom stereocenters. The highest BCUT2D eigenvalue weighted by molar-refractivity contribution is 4.99. The molecule has 0 aromatic carbocycles. The van der Waals surface area contributed by atoms with Gasteiger partial charge in [0.2, 0.25) is 0 Å². The minimum absolute atomic E-state index is 0.590. The molecule has 0 aliphatic carbocycles. The second kappa shape index (κ2) is 8.13. The van der Waals surface area contributed by atoms with E-state index in [4.69, 9.17) is 0 Å². The van der Waals surface area contributed by atoms with Crippen LogP contribution in [0.4, 0.5) is 0 Å². The topological polar surface area (TPSA) is 12.0 Å². The standard InChI is InChI=1S/C12H23N/c1-5-9-10-12(13-8-4)11(6-2)7-3/h11-13H,6-8,10H2,1-4H3. The van der Waals surface area contributed by atoms with Gasteiger partial charge in [-0.2, -0.15) is 0 Å². The van der Waals surface area contributed by atoms with Crippen LogP contribution in [0.25, 0.3) is 0 Å². The van der Waals surface area contributed by atoms with Crippen molar-refractivity contribution in [3.05, 3.63) is 0 Å². The Kier molecular flexibility index (Phi) is 7.83. The van der Waals surface area contributed by atoms with Gasteiger partial charge in [-0.1, -0.05) is 33.6 Å². The molecule has 0 amide bonds. The van der Waals surface area contributed by atoms with Gasteiger partial charge < -0.3 is 5.32 Å². The molecule has 0 aliphatic heterocycles. The fraction of sp³-hybridized carbons (Fsp3) is 0.833. The summed E-state index contributed by atoms with van der Waals surface area (Å²) in [4.78, 5) is 0. The summed E-state index contributed by atoms with van der Waals surface area (Å²) in [5.41, 5.74) is 0. The largest absolute Gasteiger partial charge is 0.313 e. The lowest BCUT2D eigenvalue weighted by molar-refractivity contribution is 0.343. The van der Waals surface area contributed by atoms with Crippen LogP contribution in [0, 0.1) is 17.8 Å². The second-order valence-corrected chi connectivity index (χ2v) is 3.37. The predicted molar refractivity (Wildman–Crippen MR) is 59.6 cm³/mol. The molecule has 13 heavy (non-hydrogen) atoms. The molecule has 1 heteroatoms. The van der Waals surface area contributed by atoms with Gasteiger partial charge in [-0.3, -0.25) is 0 Å². The molecule has 0 bridgehead atoms. The van der Waals surface area contributed by atoms with Gasteiger partial charge in [0, 0.05) is 12.5 Å². The maximum Gasteiger partial charge on any atom is 0.0245 e. The minimum atomic E-state index is 0.590. The maximum absolute atomic E-state index is 3.52. The summed E-state index contributed by atoms with van der Waals surface area (Å²) in [5.74, 6) is 6.92. The predicted octanol–water partition coefficient (Wildman–Crippen LogP) is 2.81. The Balaban J connectivity index is 4.08. The summed E-state index contributed by atoms with van der Waals surface area (Å²) in [5, 5.41) is 3.52. The van der Waals surface area contributed by atoms with Crippen molar-refractivity contribution < 1.29 is 0 Å². The molecule has 0 saturated heterocycles. The van der Waals surface area contributed by atoms with Gasteiger partial charge >= 0.3 is 0 Å². The van der Waals surface area contributed by atoms with E-state index in [0.29, 0.717) is 6.04 Å². The van der Waals surface area contributed by atoms with E-state index >= 15 is 0 Å². The van der Waals surface area contributed by atoms with Crippen LogP contribution < -0.4 is 5.32 Å². The lowest BCUT2D eigenvalue weighted by atomic mass is 9.92. The molecule has 76 valence electrons. The molecule has 0 aliphatic rings. The van der Waals surface area contributed by atoms with Gasteiger partial charge in [0.15, 0.2) is 0 Å². The molecule has 0 spiro atoms. The van der Waals surface area contributed by atoms with E-state index in [9.17, 15) is 0 Å². The van der Waals surface area contributed by atoms with Gasteiger partial charge in [-0.05, 0) is 19.4 Å². The molecule has 0 radical (unpaired) electrons. The number of nitrogens with one attached hydrogen (secondary N) is 1. The van der Waals surface area contributed by atoms with Crippen LogP contribution in [0.3, 0.4) is 0 Å². The molecular weight excluding hydrogens is 158 g/mol. The van der Waals surface area contributed by atoms with Gasteiger partial charge in [0.1, 0.15) is 0 Å². The van der Waals surface area contributed by atoms with Gasteiger partial charge in [0.05, 0.1) is 0 Å². The van der Waals surface area contributed by atoms with Gasteiger partial charge in [0.25, 0.3) is 0 Å². The third kappa shape index (κ3) is 4.95. The third-order valence-electron chi connectivity index (χ3n) is 2.58. The van der Waals surface area contributed by atoms with Gasteiger partial charge in [-0.15, -0.1) is 11.8 Å². The van der Waals surface area contributed by atoms with Crippen molar-refractivity contribution in [1.82, 2.24) is 5.32 Å². The van der Waals surface area contributed by atoms with Crippen molar-refractivity contribution in [3.8, 4) is 11.8 Å². The zero-order valence-electron chi connectivity index (χ0n) is 9.48. The Bertz CT molecular complexity index is 160. The summed E-state index contributed by atoms with van der Waals surface area (Å²) in [6.07, 6.45) is 3.50. The van der Waals surface area contributed by atoms with Crippen LogP contribution in [0.15, 0.2) is 0 Å². The fourth-order valence-electron chi connectivity index (χ4n) is 1.74. The van der Waals surface area contributed by atoms with Crippen molar-refractivity contribution in [3.63, 3.8) is 0 Å². The van der Waals surface area contributed by atoms with Crippen molar-refractivity contribution in [2.45, 2.75) is 53.0 Å². The molecule has 1 nitrogen and oxygen atoms in total. The average molecular weight is 181 g/mol. The van der Waals surface area contributed by atoms with E-state index in [1.54, 1.807) is 0 Å². The van der Waals surface area contributed by atoms with Crippen LogP contribution in [0.1, 0.15) is 47.0 Å². The summed E-state index contributed by atoms with van der Waals surface area (Å²) < 4.78 is 0. The summed E-state index contributed by atoms with van der Waals surface area (Å²) >= 11 is 0. The zero-order chi connectivity index (χ0) is 10.1. The van der Waals surface area contributed by atoms with Crippen molar-refractivity contribution >= 4 is 0 Å². The Morgan fingerprint density at radius 2 is 1.77 bits per heavy atom. The lowest BCUT2D eigenvalue weighted by Gasteiger charge is -2.24. The molecule has 0 aromatic heterocycles. The van der Waals surface area contributed by atoms with E-state index in [0.717, 1.165) is 18.9 Å². The first-order chi connectivity index (χ1) is 6.29. The highest BCUT2D eigenvalue weighted by Crippen LogP contribution is 2.15. The Hall–Kier alpha value is -0.480. The Morgan fingerprint density at radius 1 is 1.15 bits per heavy atom. The number of hydrogen-bond acceptors (Lipinski definition) is 1. The average Bonchev–Trinajstić information content (AvgIpc) is 2.16. The third-order valence-corrected chi connectivity index (χ3v) is 2.58. The molecule has 1 unspecified atom stereocenters. The van der Waals surface area contributed by atoms with E-state index in [1.807, 2.05) is 6.92 Å². The van der Waals surface area contributed by atoms with Crippen LogP contribution in [0.5, 0.6) is 0 Å². The van der Waals surface area contributed by atoms with Crippen LogP contribution in [-0.4, -0.2) is 12.6 Å². The van der Waals surface area contributed by atoms with Crippen LogP contribution in [-0.2, 0) is 0 Å². The molecule has 0 fully saturated rings. The van der Waals surface area contributed by atoms with Crippen LogP contribution >= 0.6 is 0 Å². The first kappa shape index (κ1) is 12.5. The van der Waals surface area contributed by atoms with E-state index in [-0.39, 0.29) is 0 Å². The zero-order valence-corrected chi connectivity index (χ0v) is 9.48. The molecule has 0 heterocycles. The molecule has 1 N–H and O–H groups in total. The summed E-state index contributed by atoms with van der Waals surface area (Å²) in [7, 11) is 0. The van der Waals surface area contributed by atoms with E-state index in [2.05, 4.69) is 37.9 Å². The monoisotopic (exact) mass is 181 g/mol. The van der Waals surface area contributed by atoms with E-state index in [1.165, 1.54) is 12.8 Å². The normalized spacial score (nSPS) is 12.4. The smallest absolute Gasteiger partial charge is 0.0245 e. The first-order valence-corrected chi connectivity index (χ1v) is 5.43. The summed E-state index contributed by atoms with van der Waals surface area (Å²) in [6, 6.07) is 0.590. The highest BCUT2D eigenvalue weighted by atomic mass is 14.9. The number of rotatable bonds is 6. The first-order valence-electron chi connectivity index (χ1n) is 5.43. The Morgan fingerprint density at radius 3 is 2.15 bits per heavy atom.